The second kappa shape index (κ2) is 9.43. The molecule has 1 aliphatic heterocycles. The third-order valence-corrected chi connectivity index (χ3v) is 4.42. The third-order valence-electron chi connectivity index (χ3n) is 4.42. The summed E-state index contributed by atoms with van der Waals surface area (Å²) in [5.74, 6) is 1.38. The molecule has 1 aromatic carbocycles. The number of hydrogen-bond donors (Lipinski definition) is 3. The van der Waals surface area contributed by atoms with Gasteiger partial charge < -0.3 is 25.4 Å². The van der Waals surface area contributed by atoms with Gasteiger partial charge in [-0.05, 0) is 43.4 Å². The number of nitrogens with zero attached hydrogens (tertiary/aromatic N) is 1. The van der Waals surface area contributed by atoms with Gasteiger partial charge in [0.05, 0.1) is 6.10 Å². The highest BCUT2D eigenvalue weighted by Gasteiger charge is 2.23. The van der Waals surface area contributed by atoms with E-state index in [0.717, 1.165) is 50.4 Å². The van der Waals surface area contributed by atoms with Crippen LogP contribution in [0.15, 0.2) is 29.3 Å². The number of benzene rings is 1. The van der Waals surface area contributed by atoms with Crippen LogP contribution in [0, 0.1) is 0 Å². The van der Waals surface area contributed by atoms with Crippen LogP contribution in [0.3, 0.4) is 0 Å². The number of carbonyl (C=O) groups excluding carboxylic acids is 1. The maximum absolute atomic E-state index is 11.7. The molecule has 7 nitrogen and oxygen atoms in total. The lowest BCUT2D eigenvalue weighted by atomic mass is 10.2. The van der Waals surface area contributed by atoms with Crippen molar-refractivity contribution < 1.29 is 14.3 Å². The molecule has 142 valence electrons. The van der Waals surface area contributed by atoms with Crippen molar-refractivity contribution in [1.29, 1.82) is 0 Å². The van der Waals surface area contributed by atoms with Crippen molar-refractivity contribution >= 4 is 11.9 Å². The summed E-state index contributed by atoms with van der Waals surface area (Å²) >= 11 is 0. The Morgan fingerprint density at radius 1 is 1.31 bits per heavy atom. The Bertz CT molecular complexity index is 625. The molecule has 2 aliphatic rings. The molecule has 7 heteroatoms. The molecular formula is C19H28N4O3. The Hall–Kier alpha value is -2.28. The average molecular weight is 360 g/mol. The zero-order chi connectivity index (χ0) is 18.2. The Kier molecular flexibility index (Phi) is 6.71. The maximum atomic E-state index is 11.7. The molecule has 1 amide bonds. The van der Waals surface area contributed by atoms with Crippen LogP contribution in [0.25, 0.3) is 0 Å². The fourth-order valence-corrected chi connectivity index (χ4v) is 2.81. The van der Waals surface area contributed by atoms with Crippen molar-refractivity contribution in [2.24, 2.45) is 4.99 Å². The first kappa shape index (κ1) is 18.5. The minimum absolute atomic E-state index is 0.0536. The topological polar surface area (TPSA) is 84.0 Å². The monoisotopic (exact) mass is 360 g/mol. The second-order valence-corrected chi connectivity index (χ2v) is 6.72. The molecule has 3 N–H and O–H groups in total. The zero-order valence-corrected chi connectivity index (χ0v) is 15.3. The van der Waals surface area contributed by atoms with Gasteiger partial charge in [-0.2, -0.15) is 0 Å². The van der Waals surface area contributed by atoms with E-state index >= 15 is 0 Å². The smallest absolute Gasteiger partial charge is 0.258 e. The van der Waals surface area contributed by atoms with Crippen LogP contribution in [0.4, 0.5) is 0 Å². The van der Waals surface area contributed by atoms with E-state index in [1.807, 2.05) is 24.3 Å². The van der Waals surface area contributed by atoms with Crippen LogP contribution >= 0.6 is 0 Å². The fourth-order valence-electron chi connectivity index (χ4n) is 2.81. The van der Waals surface area contributed by atoms with E-state index in [1.165, 1.54) is 0 Å². The summed E-state index contributed by atoms with van der Waals surface area (Å²) in [6.45, 7) is 2.29. The van der Waals surface area contributed by atoms with Gasteiger partial charge in [-0.3, -0.25) is 9.79 Å². The van der Waals surface area contributed by atoms with Crippen molar-refractivity contribution in [3.8, 4) is 5.75 Å². The van der Waals surface area contributed by atoms with E-state index in [0.29, 0.717) is 18.3 Å². The first-order valence-corrected chi connectivity index (χ1v) is 9.30. The van der Waals surface area contributed by atoms with Crippen molar-refractivity contribution in [1.82, 2.24) is 16.0 Å². The van der Waals surface area contributed by atoms with Gasteiger partial charge in [0.25, 0.3) is 5.91 Å². The molecule has 1 saturated heterocycles. The maximum Gasteiger partial charge on any atom is 0.258 e. The average Bonchev–Trinajstić information content (AvgIpc) is 3.31. The number of aliphatic imine (C=N–C) groups is 1. The number of ether oxygens (including phenoxy) is 2. The molecule has 26 heavy (non-hydrogen) atoms. The number of amides is 1. The molecule has 0 aromatic heterocycles. The molecule has 0 spiro atoms. The van der Waals surface area contributed by atoms with Crippen LogP contribution in [-0.2, 0) is 16.1 Å². The number of guanidine groups is 1. The van der Waals surface area contributed by atoms with E-state index in [1.54, 1.807) is 7.05 Å². The molecule has 1 heterocycles. The molecule has 1 aromatic rings. The minimum Gasteiger partial charge on any atom is -0.484 e. The summed E-state index contributed by atoms with van der Waals surface area (Å²) in [5, 5.41) is 9.49. The standard InChI is InChI=1S/C19H28N4O3/c1-20-19(22-12-17-6-3-9-25-17)21-11-14-4-2-5-16(10-14)26-13-18(24)23-15-7-8-15/h2,4-5,10,15,17H,3,6-9,11-13H2,1H3,(H,23,24)(H2,20,21,22). The molecule has 1 aliphatic carbocycles. The summed E-state index contributed by atoms with van der Waals surface area (Å²) in [7, 11) is 1.75. The Morgan fingerprint density at radius 3 is 2.92 bits per heavy atom. The normalized spacial score (nSPS) is 19.9. The summed E-state index contributed by atoms with van der Waals surface area (Å²) in [5.41, 5.74) is 1.06. The van der Waals surface area contributed by atoms with Gasteiger partial charge in [0.1, 0.15) is 5.75 Å². The first-order valence-electron chi connectivity index (χ1n) is 9.30. The largest absolute Gasteiger partial charge is 0.484 e. The van der Waals surface area contributed by atoms with Crippen LogP contribution in [0.1, 0.15) is 31.2 Å². The summed E-state index contributed by atoms with van der Waals surface area (Å²) in [6.07, 6.45) is 4.65. The molecule has 2 fully saturated rings. The fraction of sp³-hybridized carbons (Fsp3) is 0.579. The Balaban J connectivity index is 1.40. The molecule has 0 bridgehead atoms. The van der Waals surface area contributed by atoms with Crippen molar-refractivity contribution in [2.45, 2.75) is 44.4 Å². The van der Waals surface area contributed by atoms with Crippen molar-refractivity contribution in [3.05, 3.63) is 29.8 Å². The van der Waals surface area contributed by atoms with Gasteiger partial charge in [0.15, 0.2) is 12.6 Å². The quantitative estimate of drug-likeness (QED) is 0.479. The van der Waals surface area contributed by atoms with Gasteiger partial charge in [-0.25, -0.2) is 0 Å². The highest BCUT2D eigenvalue weighted by atomic mass is 16.5. The number of carbonyl (C=O) groups is 1. The van der Waals surface area contributed by atoms with E-state index in [4.69, 9.17) is 9.47 Å². The lowest BCUT2D eigenvalue weighted by molar-refractivity contribution is -0.123. The van der Waals surface area contributed by atoms with Gasteiger partial charge in [0.2, 0.25) is 0 Å². The van der Waals surface area contributed by atoms with Gasteiger partial charge in [-0.1, -0.05) is 12.1 Å². The highest BCUT2D eigenvalue weighted by Crippen LogP contribution is 2.18. The molecule has 0 radical (unpaired) electrons. The van der Waals surface area contributed by atoms with E-state index in [9.17, 15) is 4.79 Å². The second-order valence-electron chi connectivity index (χ2n) is 6.72. The predicted octanol–water partition coefficient (Wildman–Crippen LogP) is 1.19. The van der Waals surface area contributed by atoms with Gasteiger partial charge >= 0.3 is 0 Å². The first-order chi connectivity index (χ1) is 12.7. The summed E-state index contributed by atoms with van der Waals surface area (Å²) in [4.78, 5) is 15.9. The van der Waals surface area contributed by atoms with E-state index < -0.39 is 0 Å². The predicted molar refractivity (Wildman–Crippen MR) is 100 cm³/mol. The minimum atomic E-state index is -0.0604. The zero-order valence-electron chi connectivity index (χ0n) is 15.3. The highest BCUT2D eigenvalue weighted by molar-refractivity contribution is 5.79. The lowest BCUT2D eigenvalue weighted by Crippen LogP contribution is -2.40. The number of hydrogen-bond acceptors (Lipinski definition) is 4. The van der Waals surface area contributed by atoms with Crippen molar-refractivity contribution in [2.75, 3.05) is 26.8 Å². The number of nitrogens with one attached hydrogen (secondary N) is 3. The summed E-state index contributed by atoms with van der Waals surface area (Å²) < 4.78 is 11.2. The Labute approximate surface area is 154 Å². The van der Waals surface area contributed by atoms with E-state index in [2.05, 4.69) is 20.9 Å². The van der Waals surface area contributed by atoms with Crippen molar-refractivity contribution in [3.63, 3.8) is 0 Å². The third kappa shape index (κ3) is 6.22. The van der Waals surface area contributed by atoms with E-state index in [-0.39, 0.29) is 18.6 Å². The lowest BCUT2D eigenvalue weighted by Gasteiger charge is -2.15. The van der Waals surface area contributed by atoms with Crippen LogP contribution in [-0.4, -0.2) is 50.8 Å². The SMILES string of the molecule is CN=C(NCc1cccc(OCC(=O)NC2CC2)c1)NCC1CCCO1. The van der Waals surface area contributed by atoms with Crippen LogP contribution in [0.2, 0.25) is 0 Å². The molecule has 3 rings (SSSR count). The number of rotatable bonds is 8. The molecule has 1 saturated carbocycles. The van der Waals surface area contributed by atoms with Gasteiger partial charge in [0, 0.05) is 32.8 Å². The Morgan fingerprint density at radius 2 is 2.19 bits per heavy atom. The van der Waals surface area contributed by atoms with Crippen LogP contribution in [0.5, 0.6) is 5.75 Å². The van der Waals surface area contributed by atoms with Crippen LogP contribution < -0.4 is 20.7 Å². The molecule has 1 atom stereocenters. The van der Waals surface area contributed by atoms with Gasteiger partial charge in [-0.15, -0.1) is 0 Å². The molecule has 1 unspecified atom stereocenters. The summed E-state index contributed by atoms with van der Waals surface area (Å²) in [6, 6.07) is 8.09. The molecular weight excluding hydrogens is 332 g/mol.